The summed E-state index contributed by atoms with van der Waals surface area (Å²) in [5, 5.41) is 16.1. The lowest BCUT2D eigenvalue weighted by molar-refractivity contribution is -0.222. The summed E-state index contributed by atoms with van der Waals surface area (Å²) >= 11 is 0. The van der Waals surface area contributed by atoms with E-state index in [0.29, 0.717) is 0 Å². The third kappa shape index (κ3) is 4.37. The van der Waals surface area contributed by atoms with Crippen molar-refractivity contribution in [2.45, 2.75) is 38.1 Å². The molecule has 0 saturated carbocycles. The fourth-order valence-corrected chi connectivity index (χ4v) is 2.71. The number of halogens is 3. The highest BCUT2D eigenvalue weighted by atomic mass is 19.4. The number of aliphatic hydroxyl groups is 1. The van der Waals surface area contributed by atoms with Crippen LogP contribution < -0.4 is 5.32 Å². The maximum Gasteiger partial charge on any atom is 0.414 e. The quantitative estimate of drug-likeness (QED) is 0.886. The third-order valence-corrected chi connectivity index (χ3v) is 4.17. The zero-order chi connectivity index (χ0) is 17.2. The molecule has 2 heterocycles. The second-order valence-corrected chi connectivity index (χ2v) is 5.93. The molecule has 2 unspecified atom stereocenters. The number of rotatable bonds is 3. The Balaban J connectivity index is 1.84. The highest BCUT2D eigenvalue weighted by molar-refractivity contribution is 5.74. The lowest BCUT2D eigenvalue weighted by atomic mass is 9.91. The number of aryl methyl sites for hydroxylation is 1. The van der Waals surface area contributed by atoms with Crippen LogP contribution in [0.5, 0.6) is 0 Å². The molecule has 0 aromatic carbocycles. The van der Waals surface area contributed by atoms with Crippen LogP contribution in [0.15, 0.2) is 12.4 Å². The largest absolute Gasteiger partial charge is 0.414 e. The number of carbonyl (C=O) groups is 1. The van der Waals surface area contributed by atoms with Gasteiger partial charge in [-0.2, -0.15) is 18.3 Å². The summed E-state index contributed by atoms with van der Waals surface area (Å²) in [5.74, 6) is -0.852. The highest BCUT2D eigenvalue weighted by Crippen LogP contribution is 2.31. The van der Waals surface area contributed by atoms with Gasteiger partial charge in [0.2, 0.25) is 0 Å². The number of piperidine rings is 1. The first kappa shape index (κ1) is 17.6. The van der Waals surface area contributed by atoms with E-state index >= 15 is 0 Å². The third-order valence-electron chi connectivity index (χ3n) is 4.17. The second kappa shape index (κ2) is 6.77. The Morgan fingerprint density at radius 3 is 2.52 bits per heavy atom. The summed E-state index contributed by atoms with van der Waals surface area (Å²) in [6.45, 7) is 2.21. The van der Waals surface area contributed by atoms with Gasteiger partial charge in [0, 0.05) is 31.9 Å². The summed E-state index contributed by atoms with van der Waals surface area (Å²) < 4.78 is 39.1. The number of aromatic nitrogens is 2. The van der Waals surface area contributed by atoms with Crippen LogP contribution in [0.1, 0.15) is 31.4 Å². The van der Waals surface area contributed by atoms with Gasteiger partial charge in [-0.15, -0.1) is 0 Å². The normalized spacial score (nSPS) is 19.5. The van der Waals surface area contributed by atoms with E-state index in [0.717, 1.165) is 5.56 Å². The Bertz CT molecular complexity index is 538. The number of alkyl halides is 3. The molecule has 0 bridgehead atoms. The molecule has 1 fully saturated rings. The van der Waals surface area contributed by atoms with Crippen LogP contribution in [0.25, 0.3) is 0 Å². The maximum absolute atomic E-state index is 12.5. The molecule has 1 aromatic heterocycles. The molecule has 23 heavy (non-hydrogen) atoms. The summed E-state index contributed by atoms with van der Waals surface area (Å²) in [6, 6.07) is -0.559. The average Bonchev–Trinajstić information content (AvgIpc) is 2.92. The first-order valence-corrected chi connectivity index (χ1v) is 7.47. The van der Waals surface area contributed by atoms with Gasteiger partial charge in [-0.3, -0.25) is 4.68 Å². The number of hydrogen-bond acceptors (Lipinski definition) is 3. The van der Waals surface area contributed by atoms with Crippen molar-refractivity contribution in [3.63, 3.8) is 0 Å². The van der Waals surface area contributed by atoms with Gasteiger partial charge in [0.1, 0.15) is 0 Å². The van der Waals surface area contributed by atoms with E-state index in [2.05, 4.69) is 10.4 Å². The van der Waals surface area contributed by atoms with Gasteiger partial charge in [0.15, 0.2) is 6.10 Å². The van der Waals surface area contributed by atoms with Crippen LogP contribution in [0.4, 0.5) is 18.0 Å². The minimum absolute atomic E-state index is 0.134. The number of carbonyl (C=O) groups excluding carboxylic acids is 1. The number of urea groups is 1. The van der Waals surface area contributed by atoms with E-state index < -0.39 is 18.2 Å². The lowest BCUT2D eigenvalue weighted by Crippen LogP contribution is -2.48. The van der Waals surface area contributed by atoms with Crippen LogP contribution in [-0.2, 0) is 7.05 Å². The SMILES string of the molecule is CC(NC(=O)N1CCC(C(O)C(F)(F)F)CC1)c1cnn(C)c1. The maximum atomic E-state index is 12.5. The summed E-state index contributed by atoms with van der Waals surface area (Å²) in [4.78, 5) is 13.6. The molecule has 2 amide bonds. The van der Waals surface area contributed by atoms with Crippen molar-refractivity contribution in [3.8, 4) is 0 Å². The van der Waals surface area contributed by atoms with Crippen molar-refractivity contribution in [2.75, 3.05) is 13.1 Å². The van der Waals surface area contributed by atoms with Crippen molar-refractivity contribution < 1.29 is 23.1 Å². The molecule has 130 valence electrons. The average molecular weight is 334 g/mol. The molecular formula is C14H21F3N4O2. The van der Waals surface area contributed by atoms with Crippen molar-refractivity contribution in [2.24, 2.45) is 13.0 Å². The van der Waals surface area contributed by atoms with Crippen molar-refractivity contribution in [1.82, 2.24) is 20.0 Å². The Kier molecular flexibility index (Phi) is 5.18. The van der Waals surface area contributed by atoms with Crippen molar-refractivity contribution in [3.05, 3.63) is 18.0 Å². The molecule has 1 aliphatic rings. The van der Waals surface area contributed by atoms with Crippen LogP contribution >= 0.6 is 0 Å². The number of hydrogen-bond donors (Lipinski definition) is 2. The predicted octanol–water partition coefficient (Wildman–Crippen LogP) is 1.83. The first-order chi connectivity index (χ1) is 10.7. The van der Waals surface area contributed by atoms with E-state index in [4.69, 9.17) is 0 Å². The van der Waals surface area contributed by atoms with Crippen molar-refractivity contribution >= 4 is 6.03 Å². The monoisotopic (exact) mass is 334 g/mol. The number of likely N-dealkylation sites (tertiary alicyclic amines) is 1. The lowest BCUT2D eigenvalue weighted by Gasteiger charge is -2.35. The van der Waals surface area contributed by atoms with Gasteiger partial charge in [-0.1, -0.05) is 0 Å². The minimum atomic E-state index is -4.61. The molecule has 1 aromatic rings. The minimum Gasteiger partial charge on any atom is -0.383 e. The highest BCUT2D eigenvalue weighted by Gasteiger charge is 2.44. The molecule has 6 nitrogen and oxygen atoms in total. The Morgan fingerprint density at radius 2 is 2.04 bits per heavy atom. The van der Waals surface area contributed by atoms with E-state index in [9.17, 15) is 23.1 Å². The van der Waals surface area contributed by atoms with Gasteiger partial charge in [0.05, 0.1) is 12.2 Å². The van der Waals surface area contributed by atoms with Gasteiger partial charge >= 0.3 is 12.2 Å². The van der Waals surface area contributed by atoms with Gasteiger partial charge in [-0.25, -0.2) is 4.79 Å². The number of nitrogens with one attached hydrogen (secondary N) is 1. The van der Waals surface area contributed by atoms with Crippen molar-refractivity contribution in [1.29, 1.82) is 0 Å². The molecule has 1 saturated heterocycles. The Morgan fingerprint density at radius 1 is 1.43 bits per heavy atom. The van der Waals surface area contributed by atoms with E-state index in [1.807, 2.05) is 6.92 Å². The van der Waals surface area contributed by atoms with Crippen LogP contribution in [0.2, 0.25) is 0 Å². The summed E-state index contributed by atoms with van der Waals surface area (Å²) in [5.41, 5.74) is 0.850. The van der Waals surface area contributed by atoms with E-state index in [1.165, 1.54) is 4.90 Å². The van der Waals surface area contributed by atoms with Gasteiger partial charge < -0.3 is 15.3 Å². The summed E-state index contributed by atoms with van der Waals surface area (Å²) in [7, 11) is 1.77. The topological polar surface area (TPSA) is 70.4 Å². The Labute approximate surface area is 132 Å². The number of amides is 2. The second-order valence-electron chi connectivity index (χ2n) is 5.93. The van der Waals surface area contributed by atoms with Gasteiger partial charge in [-0.05, 0) is 25.7 Å². The predicted molar refractivity (Wildman–Crippen MR) is 76.5 cm³/mol. The first-order valence-electron chi connectivity index (χ1n) is 7.47. The Hall–Kier alpha value is -1.77. The zero-order valence-electron chi connectivity index (χ0n) is 13.0. The molecule has 2 N–H and O–H groups in total. The molecular weight excluding hydrogens is 313 g/mol. The molecule has 0 spiro atoms. The van der Waals surface area contributed by atoms with E-state index in [-0.39, 0.29) is 38.0 Å². The number of nitrogens with zero attached hydrogens (tertiary/aromatic N) is 3. The molecule has 1 aliphatic heterocycles. The fourth-order valence-electron chi connectivity index (χ4n) is 2.71. The molecule has 0 aliphatic carbocycles. The number of aliphatic hydroxyl groups excluding tert-OH is 1. The molecule has 9 heteroatoms. The molecule has 0 radical (unpaired) electrons. The van der Waals surface area contributed by atoms with E-state index in [1.54, 1.807) is 24.1 Å². The zero-order valence-corrected chi connectivity index (χ0v) is 13.0. The smallest absolute Gasteiger partial charge is 0.383 e. The molecule has 2 rings (SSSR count). The standard InChI is InChI=1S/C14H21F3N4O2/c1-9(11-7-18-20(2)8-11)19-13(23)21-5-3-10(4-6-21)12(22)14(15,16)17/h7-10,12,22H,3-6H2,1-2H3,(H,19,23). The van der Waals surface area contributed by atoms with Crippen LogP contribution in [-0.4, -0.2) is 51.2 Å². The van der Waals surface area contributed by atoms with Crippen LogP contribution in [0, 0.1) is 5.92 Å². The van der Waals surface area contributed by atoms with Crippen LogP contribution in [0.3, 0.4) is 0 Å². The summed E-state index contributed by atoms with van der Waals surface area (Å²) in [6.07, 6.45) is -3.22. The fraction of sp³-hybridized carbons (Fsp3) is 0.714. The van der Waals surface area contributed by atoms with Gasteiger partial charge in [0.25, 0.3) is 0 Å². The molecule has 2 atom stereocenters.